The van der Waals surface area contributed by atoms with Crippen molar-refractivity contribution in [1.29, 1.82) is 0 Å². The Balaban J connectivity index is 1.52. The Morgan fingerprint density at radius 2 is 2.08 bits per heavy atom. The maximum atomic E-state index is 11.9. The van der Waals surface area contributed by atoms with Gasteiger partial charge in [0.25, 0.3) is 0 Å². The molecule has 0 aliphatic heterocycles. The SMILES string of the molecule is CC[C@]12CC[C@H]3[C@@H](CCC4=CC(=O)CC[C@@H]43)[C@@H]1[C@@H]1C[C@@H]1[C@@]2(O)/C=C\I. The lowest BCUT2D eigenvalue weighted by molar-refractivity contribution is -0.127. The second-order valence-electron chi connectivity index (χ2n) is 9.40. The first kappa shape index (κ1) is 17.0. The molecule has 4 fully saturated rings. The summed E-state index contributed by atoms with van der Waals surface area (Å²) in [6, 6.07) is 0. The summed E-state index contributed by atoms with van der Waals surface area (Å²) in [5.41, 5.74) is 1.01. The summed E-state index contributed by atoms with van der Waals surface area (Å²) < 4.78 is 2.06. The van der Waals surface area contributed by atoms with E-state index in [4.69, 9.17) is 0 Å². The number of carbonyl (C=O) groups is 1. The van der Waals surface area contributed by atoms with Crippen molar-refractivity contribution < 1.29 is 9.90 Å². The van der Waals surface area contributed by atoms with Crippen LogP contribution in [0, 0.1) is 40.9 Å². The zero-order valence-electron chi connectivity index (χ0n) is 15.1. The minimum absolute atomic E-state index is 0.106. The second-order valence-corrected chi connectivity index (χ2v) is 10.1. The van der Waals surface area contributed by atoms with Gasteiger partial charge >= 0.3 is 0 Å². The smallest absolute Gasteiger partial charge is 0.155 e. The maximum absolute atomic E-state index is 11.9. The molecule has 0 aromatic heterocycles. The van der Waals surface area contributed by atoms with Crippen LogP contribution in [-0.2, 0) is 4.79 Å². The fourth-order valence-corrected chi connectivity index (χ4v) is 8.63. The molecule has 0 aromatic rings. The largest absolute Gasteiger partial charge is 0.385 e. The van der Waals surface area contributed by atoms with Crippen LogP contribution in [0.5, 0.6) is 0 Å². The molecule has 136 valence electrons. The summed E-state index contributed by atoms with van der Waals surface area (Å²) >= 11 is 2.29. The van der Waals surface area contributed by atoms with E-state index in [0.29, 0.717) is 23.5 Å². The van der Waals surface area contributed by atoms with Crippen LogP contribution >= 0.6 is 22.6 Å². The van der Waals surface area contributed by atoms with E-state index in [1.807, 2.05) is 6.08 Å². The Bertz CT molecular complexity index is 667. The van der Waals surface area contributed by atoms with Crippen molar-refractivity contribution in [3.8, 4) is 0 Å². The Morgan fingerprint density at radius 3 is 2.84 bits per heavy atom. The highest BCUT2D eigenvalue weighted by molar-refractivity contribution is 14.1. The van der Waals surface area contributed by atoms with Crippen LogP contribution in [0.3, 0.4) is 0 Å². The van der Waals surface area contributed by atoms with Crippen molar-refractivity contribution >= 4 is 28.4 Å². The van der Waals surface area contributed by atoms with E-state index in [-0.39, 0.29) is 5.41 Å². The fraction of sp³-hybridized carbons (Fsp3) is 0.773. The summed E-state index contributed by atoms with van der Waals surface area (Å²) in [5.74, 6) is 4.53. The zero-order valence-corrected chi connectivity index (χ0v) is 17.2. The highest BCUT2D eigenvalue weighted by Gasteiger charge is 2.75. The van der Waals surface area contributed by atoms with Crippen LogP contribution in [0.2, 0.25) is 0 Å². The van der Waals surface area contributed by atoms with Gasteiger partial charge in [-0.1, -0.05) is 35.1 Å². The number of ketones is 1. The number of rotatable bonds is 2. The molecule has 0 radical (unpaired) electrons. The number of allylic oxidation sites excluding steroid dienone is 1. The lowest BCUT2D eigenvalue weighted by Gasteiger charge is -2.58. The normalized spacial score (nSPS) is 53.7. The van der Waals surface area contributed by atoms with Crippen molar-refractivity contribution in [2.75, 3.05) is 0 Å². The number of hydrogen-bond donors (Lipinski definition) is 1. The van der Waals surface area contributed by atoms with Gasteiger partial charge in [0.05, 0.1) is 5.60 Å². The third-order valence-electron chi connectivity index (χ3n) is 8.99. The molecule has 1 N–H and O–H groups in total. The van der Waals surface area contributed by atoms with Gasteiger partial charge in [0.2, 0.25) is 0 Å². The van der Waals surface area contributed by atoms with Crippen LogP contribution in [0.25, 0.3) is 0 Å². The van der Waals surface area contributed by atoms with Crippen molar-refractivity contribution in [3.05, 3.63) is 21.8 Å². The zero-order chi connectivity index (χ0) is 17.4. The van der Waals surface area contributed by atoms with Crippen molar-refractivity contribution in [2.24, 2.45) is 40.9 Å². The lowest BCUT2D eigenvalue weighted by atomic mass is 9.48. The molecular weight excluding hydrogens is 423 g/mol. The molecule has 5 rings (SSSR count). The van der Waals surface area contributed by atoms with Gasteiger partial charge in [-0.15, -0.1) is 0 Å². The van der Waals surface area contributed by atoms with Crippen molar-refractivity contribution in [3.63, 3.8) is 0 Å². The number of aliphatic hydroxyl groups is 1. The van der Waals surface area contributed by atoms with Gasteiger partial charge in [-0.05, 0) is 96.7 Å². The molecule has 8 atom stereocenters. The molecular formula is C22H29IO2. The number of fused-ring (bicyclic) bond motifs is 7. The molecule has 0 spiro atoms. The van der Waals surface area contributed by atoms with Crippen molar-refractivity contribution in [1.82, 2.24) is 0 Å². The van der Waals surface area contributed by atoms with E-state index in [0.717, 1.165) is 43.4 Å². The van der Waals surface area contributed by atoms with Crippen LogP contribution in [-0.4, -0.2) is 16.5 Å². The van der Waals surface area contributed by atoms with E-state index >= 15 is 0 Å². The van der Waals surface area contributed by atoms with Gasteiger partial charge in [0.1, 0.15) is 0 Å². The molecule has 3 heteroatoms. The van der Waals surface area contributed by atoms with Gasteiger partial charge < -0.3 is 5.11 Å². The summed E-state index contributed by atoms with van der Waals surface area (Å²) in [6.07, 6.45) is 13.1. The highest BCUT2D eigenvalue weighted by Crippen LogP contribution is 2.77. The molecule has 0 amide bonds. The minimum Gasteiger partial charge on any atom is -0.385 e. The number of carbonyl (C=O) groups excluding carboxylic acids is 1. The van der Waals surface area contributed by atoms with Crippen molar-refractivity contribution in [2.45, 2.75) is 63.9 Å². The molecule has 0 aromatic carbocycles. The molecule has 0 bridgehead atoms. The standard InChI is InChI=1S/C22H29IO2/c1-2-21-8-7-16-15-6-4-14(24)11-13(15)3-5-17(16)20(21)18-12-19(18)22(21,25)9-10-23/h9-11,15-20,25H,2-8,12H2,1H3/b10-9-/t15-,16+,17+,18+,19-,20+,21-,22-/m0/s1. The lowest BCUT2D eigenvalue weighted by Crippen LogP contribution is -2.55. The third kappa shape index (κ3) is 2.09. The minimum atomic E-state index is -0.568. The molecule has 5 aliphatic carbocycles. The highest BCUT2D eigenvalue weighted by atomic mass is 127. The molecule has 0 saturated heterocycles. The van der Waals surface area contributed by atoms with Crippen LogP contribution < -0.4 is 0 Å². The van der Waals surface area contributed by atoms with Crippen LogP contribution in [0.4, 0.5) is 0 Å². The van der Waals surface area contributed by atoms with E-state index < -0.39 is 5.60 Å². The Morgan fingerprint density at radius 1 is 1.24 bits per heavy atom. The van der Waals surface area contributed by atoms with Crippen LogP contribution in [0.15, 0.2) is 21.8 Å². The maximum Gasteiger partial charge on any atom is 0.155 e. The molecule has 2 nitrogen and oxygen atoms in total. The molecule has 4 saturated carbocycles. The predicted octanol–water partition coefficient (Wildman–Crippen LogP) is 5.05. The van der Waals surface area contributed by atoms with E-state index in [2.05, 4.69) is 39.7 Å². The van der Waals surface area contributed by atoms with E-state index in [1.165, 1.54) is 31.3 Å². The topological polar surface area (TPSA) is 37.3 Å². The number of halogens is 1. The first-order valence-corrected chi connectivity index (χ1v) is 11.5. The predicted molar refractivity (Wildman–Crippen MR) is 107 cm³/mol. The molecule has 0 unspecified atom stereocenters. The van der Waals surface area contributed by atoms with E-state index in [1.54, 1.807) is 0 Å². The first-order chi connectivity index (χ1) is 12.1. The molecule has 25 heavy (non-hydrogen) atoms. The molecule has 5 aliphatic rings. The summed E-state index contributed by atoms with van der Waals surface area (Å²) in [7, 11) is 0. The van der Waals surface area contributed by atoms with E-state index in [9.17, 15) is 9.90 Å². The average molecular weight is 452 g/mol. The van der Waals surface area contributed by atoms with Gasteiger partial charge in [0, 0.05) is 11.8 Å². The summed E-state index contributed by atoms with van der Waals surface area (Å²) in [4.78, 5) is 11.9. The van der Waals surface area contributed by atoms with Gasteiger partial charge in [-0.3, -0.25) is 4.79 Å². The Hall–Kier alpha value is -0.160. The Labute approximate surface area is 164 Å². The fourth-order valence-electron chi connectivity index (χ4n) is 8.09. The quantitative estimate of drug-likeness (QED) is 0.596. The average Bonchev–Trinajstić information content (AvgIpc) is 3.37. The van der Waals surface area contributed by atoms with Gasteiger partial charge in [-0.25, -0.2) is 0 Å². The Kier molecular flexibility index (Phi) is 3.85. The molecule has 0 heterocycles. The van der Waals surface area contributed by atoms with Gasteiger partial charge in [0.15, 0.2) is 5.78 Å². The van der Waals surface area contributed by atoms with Gasteiger partial charge in [-0.2, -0.15) is 0 Å². The number of hydrogen-bond acceptors (Lipinski definition) is 2. The summed E-state index contributed by atoms with van der Waals surface area (Å²) in [6.45, 7) is 2.32. The third-order valence-corrected chi connectivity index (χ3v) is 9.35. The second kappa shape index (κ2) is 5.67. The monoisotopic (exact) mass is 452 g/mol. The van der Waals surface area contributed by atoms with Crippen LogP contribution in [0.1, 0.15) is 58.3 Å². The first-order valence-electron chi connectivity index (χ1n) is 10.3. The summed E-state index contributed by atoms with van der Waals surface area (Å²) in [5, 5.41) is 11.8.